The Morgan fingerprint density at radius 1 is 0.531 bits per heavy atom. The number of carbonyl (C=O) groups is 3. The molecule has 0 aliphatic carbocycles. The molecular weight excluding hydrogens is 831 g/mol. The second kappa shape index (κ2) is 20.2. The standard InChI is InChI=1S/C55H57N3O4S2/c1-5-9-17-37(7-3)35-56-51(47-33-31-45(63-47)39-23-25-41(26-24-39)55(61)62)49-50(54(56)60)52(57(53(49)59)36-38(8-4)18-10-6-2)48-34-32-46(64-48)40-27-29-44(30-28-40)58(42-19-13-11-14-20-42)43-21-15-12-16-22-43/h11-16,19-34,37-38H,5-10,17-18,35-36H2,1-4H3,(H,61,62). The summed E-state index contributed by atoms with van der Waals surface area (Å²) in [4.78, 5) is 52.1. The Morgan fingerprint density at radius 2 is 0.922 bits per heavy atom. The summed E-state index contributed by atoms with van der Waals surface area (Å²) in [5, 5.41) is 9.52. The maximum absolute atomic E-state index is 15.3. The van der Waals surface area contributed by atoms with Gasteiger partial charge in [0.15, 0.2) is 0 Å². The number of para-hydroxylation sites is 2. The van der Waals surface area contributed by atoms with E-state index in [0.717, 1.165) is 105 Å². The number of aromatic carboxylic acids is 1. The molecule has 4 aromatic carbocycles. The highest BCUT2D eigenvalue weighted by Crippen LogP contribution is 2.51. The van der Waals surface area contributed by atoms with Crippen molar-refractivity contribution in [1.82, 2.24) is 9.80 Å². The first-order valence-corrected chi connectivity index (χ1v) is 24.5. The molecule has 2 aliphatic rings. The molecule has 0 spiro atoms. The number of amides is 2. The highest BCUT2D eigenvalue weighted by Gasteiger charge is 2.50. The highest BCUT2D eigenvalue weighted by atomic mass is 32.1. The quantitative estimate of drug-likeness (QED) is 0.0826. The fraction of sp³-hybridized carbons (Fsp3) is 0.291. The number of hydrogen-bond acceptors (Lipinski definition) is 6. The second-order valence-electron chi connectivity index (χ2n) is 16.9. The number of carboxylic acids is 1. The summed E-state index contributed by atoms with van der Waals surface area (Å²) in [7, 11) is 0. The van der Waals surface area contributed by atoms with Crippen LogP contribution >= 0.6 is 22.7 Å². The van der Waals surface area contributed by atoms with Gasteiger partial charge in [-0.15, -0.1) is 22.7 Å². The molecule has 2 unspecified atom stereocenters. The van der Waals surface area contributed by atoms with Crippen LogP contribution in [0.5, 0.6) is 0 Å². The van der Waals surface area contributed by atoms with Gasteiger partial charge in [0.05, 0.1) is 37.9 Å². The van der Waals surface area contributed by atoms with Crippen LogP contribution in [-0.4, -0.2) is 45.8 Å². The molecule has 0 fully saturated rings. The van der Waals surface area contributed by atoms with Crippen molar-refractivity contribution in [1.29, 1.82) is 0 Å². The van der Waals surface area contributed by atoms with Crippen molar-refractivity contribution in [2.24, 2.45) is 11.8 Å². The van der Waals surface area contributed by atoms with Crippen LogP contribution in [0.1, 0.15) is 99.2 Å². The van der Waals surface area contributed by atoms with Gasteiger partial charge in [0, 0.05) is 39.9 Å². The topological polar surface area (TPSA) is 81.2 Å². The van der Waals surface area contributed by atoms with Gasteiger partial charge in [-0.3, -0.25) is 9.59 Å². The lowest BCUT2D eigenvalue weighted by Crippen LogP contribution is -2.34. The third-order valence-electron chi connectivity index (χ3n) is 12.7. The van der Waals surface area contributed by atoms with Gasteiger partial charge in [-0.2, -0.15) is 0 Å². The summed E-state index contributed by atoms with van der Waals surface area (Å²) in [5.74, 6) is -0.600. The van der Waals surface area contributed by atoms with E-state index < -0.39 is 5.97 Å². The Morgan fingerprint density at radius 3 is 1.31 bits per heavy atom. The second-order valence-corrected chi connectivity index (χ2v) is 19.0. The molecule has 64 heavy (non-hydrogen) atoms. The Balaban J connectivity index is 1.22. The lowest BCUT2D eigenvalue weighted by Gasteiger charge is -2.29. The first kappa shape index (κ1) is 44.6. The molecule has 0 radical (unpaired) electrons. The molecule has 6 aromatic rings. The third-order valence-corrected chi connectivity index (χ3v) is 15.0. The van der Waals surface area contributed by atoms with E-state index in [2.05, 4.69) is 118 Å². The molecule has 4 heterocycles. The van der Waals surface area contributed by atoms with Gasteiger partial charge in [-0.05, 0) is 109 Å². The summed E-state index contributed by atoms with van der Waals surface area (Å²) in [5.41, 5.74) is 7.84. The van der Waals surface area contributed by atoms with Crippen molar-refractivity contribution in [2.75, 3.05) is 18.0 Å². The van der Waals surface area contributed by atoms with Crippen molar-refractivity contribution in [3.8, 4) is 20.9 Å². The maximum atomic E-state index is 15.3. The molecule has 0 bridgehead atoms. The molecule has 0 saturated heterocycles. The van der Waals surface area contributed by atoms with E-state index in [1.807, 2.05) is 46.2 Å². The van der Waals surface area contributed by atoms with Gasteiger partial charge < -0.3 is 19.8 Å². The van der Waals surface area contributed by atoms with Crippen LogP contribution in [-0.2, 0) is 9.59 Å². The molecule has 328 valence electrons. The van der Waals surface area contributed by atoms with E-state index >= 15 is 9.59 Å². The number of anilines is 3. The van der Waals surface area contributed by atoms with Crippen molar-refractivity contribution < 1.29 is 19.5 Å². The molecule has 9 heteroatoms. The molecule has 8 rings (SSSR count). The third kappa shape index (κ3) is 9.15. The number of thiophene rings is 2. The minimum atomic E-state index is -0.969. The molecule has 7 nitrogen and oxygen atoms in total. The molecule has 2 aliphatic heterocycles. The number of rotatable bonds is 20. The molecule has 0 saturated carbocycles. The number of unbranched alkanes of at least 4 members (excludes halogenated alkanes) is 2. The minimum absolute atomic E-state index is 0.102. The monoisotopic (exact) mass is 887 g/mol. The summed E-state index contributed by atoms with van der Waals surface area (Å²) < 4.78 is 0. The first-order valence-electron chi connectivity index (χ1n) is 22.9. The van der Waals surface area contributed by atoms with Gasteiger partial charge in [0.25, 0.3) is 11.8 Å². The Labute approximate surface area is 386 Å². The van der Waals surface area contributed by atoms with E-state index in [1.54, 1.807) is 34.8 Å². The molecule has 2 atom stereocenters. The zero-order valence-corrected chi connectivity index (χ0v) is 38.9. The van der Waals surface area contributed by atoms with Crippen LogP contribution in [0.3, 0.4) is 0 Å². The molecule has 2 amide bonds. The van der Waals surface area contributed by atoms with Crippen LogP contribution in [0.25, 0.3) is 32.3 Å². The fourth-order valence-corrected chi connectivity index (χ4v) is 11.1. The van der Waals surface area contributed by atoms with E-state index in [0.29, 0.717) is 35.9 Å². The number of carboxylic acid groups (broad SMARTS) is 1. The number of benzene rings is 4. The number of carbonyl (C=O) groups excluding carboxylic acids is 2. The van der Waals surface area contributed by atoms with Crippen LogP contribution < -0.4 is 4.90 Å². The maximum Gasteiger partial charge on any atom is 0.335 e. The summed E-state index contributed by atoms with van der Waals surface area (Å²) in [6, 6.07) is 44.6. The Hall–Kier alpha value is -6.03. The van der Waals surface area contributed by atoms with Crippen LogP contribution in [0.4, 0.5) is 17.1 Å². The highest BCUT2D eigenvalue weighted by molar-refractivity contribution is 7.17. The minimum Gasteiger partial charge on any atom is -0.478 e. The molecule has 2 aromatic heterocycles. The molecule has 1 N–H and O–H groups in total. The van der Waals surface area contributed by atoms with Crippen LogP contribution in [0, 0.1) is 11.8 Å². The van der Waals surface area contributed by atoms with Gasteiger partial charge in [-0.1, -0.05) is 127 Å². The summed E-state index contributed by atoms with van der Waals surface area (Å²) in [6.07, 6.45) is 8.21. The van der Waals surface area contributed by atoms with Crippen molar-refractivity contribution >= 4 is 68.9 Å². The average Bonchev–Trinajstić information content (AvgIpc) is 4.13. The zero-order valence-electron chi connectivity index (χ0n) is 37.3. The normalized spacial score (nSPS) is 14.8. The van der Waals surface area contributed by atoms with Crippen LogP contribution in [0.15, 0.2) is 145 Å². The Bertz CT molecular complexity index is 2600. The lowest BCUT2D eigenvalue weighted by molar-refractivity contribution is -0.124. The van der Waals surface area contributed by atoms with E-state index in [4.69, 9.17) is 0 Å². The summed E-state index contributed by atoms with van der Waals surface area (Å²) >= 11 is 3.18. The van der Waals surface area contributed by atoms with Crippen molar-refractivity contribution in [3.63, 3.8) is 0 Å². The van der Waals surface area contributed by atoms with Crippen molar-refractivity contribution in [2.45, 2.75) is 79.1 Å². The van der Waals surface area contributed by atoms with E-state index in [9.17, 15) is 9.90 Å². The fourth-order valence-electron chi connectivity index (χ4n) is 9.00. The first-order chi connectivity index (χ1) is 31.2. The van der Waals surface area contributed by atoms with Crippen molar-refractivity contribution in [3.05, 3.63) is 160 Å². The number of fused-ring (bicyclic) bond motifs is 1. The molecular formula is C55H57N3O4S2. The van der Waals surface area contributed by atoms with E-state index in [1.165, 1.54) is 0 Å². The predicted molar refractivity (Wildman–Crippen MR) is 265 cm³/mol. The van der Waals surface area contributed by atoms with Gasteiger partial charge in [-0.25, -0.2) is 4.79 Å². The largest absolute Gasteiger partial charge is 0.478 e. The summed E-state index contributed by atoms with van der Waals surface area (Å²) in [6.45, 7) is 9.89. The average molecular weight is 888 g/mol. The van der Waals surface area contributed by atoms with E-state index in [-0.39, 0.29) is 23.3 Å². The number of nitrogens with zero attached hydrogens (tertiary/aromatic N) is 3. The SMILES string of the molecule is CCCCC(CC)CN1C(=O)C2=C(c3ccc(-c4ccc(N(c5ccccc5)c5ccccc5)cc4)s3)N(CC(CC)CCCC)C(=O)C2=C1c1ccc(-c2ccc(C(=O)O)cc2)s1. The smallest absolute Gasteiger partial charge is 0.335 e. The Kier molecular flexibility index (Phi) is 14.1. The predicted octanol–water partition coefficient (Wildman–Crippen LogP) is 14.6. The van der Waals surface area contributed by atoms with Gasteiger partial charge in [0.2, 0.25) is 0 Å². The number of hydrogen-bond donors (Lipinski definition) is 1. The van der Waals surface area contributed by atoms with Gasteiger partial charge in [0.1, 0.15) is 0 Å². The zero-order chi connectivity index (χ0) is 44.7. The lowest BCUT2D eigenvalue weighted by atomic mass is 9.98. The van der Waals surface area contributed by atoms with Crippen LogP contribution in [0.2, 0.25) is 0 Å². The van der Waals surface area contributed by atoms with Gasteiger partial charge >= 0.3 is 5.97 Å².